The van der Waals surface area contributed by atoms with Gasteiger partial charge in [-0.1, -0.05) is 31.3 Å². The van der Waals surface area contributed by atoms with Gasteiger partial charge in [0.25, 0.3) is 11.8 Å². The van der Waals surface area contributed by atoms with Gasteiger partial charge in [0, 0.05) is 17.2 Å². The molecule has 0 fully saturated rings. The first kappa shape index (κ1) is 17.8. The van der Waals surface area contributed by atoms with Crippen LogP contribution in [0.2, 0.25) is 0 Å². The Morgan fingerprint density at radius 2 is 1.92 bits per heavy atom. The second-order valence-corrected chi connectivity index (χ2v) is 7.02. The summed E-state index contributed by atoms with van der Waals surface area (Å²) < 4.78 is 5.08. The minimum Gasteiger partial charge on any atom is -0.459 e. The van der Waals surface area contributed by atoms with Gasteiger partial charge in [0.15, 0.2) is 5.76 Å². The summed E-state index contributed by atoms with van der Waals surface area (Å²) in [5.74, 6) is -0.235. The van der Waals surface area contributed by atoms with E-state index in [1.807, 2.05) is 20.8 Å². The molecule has 0 aliphatic heterocycles. The lowest BCUT2D eigenvalue weighted by atomic mass is 10.1. The van der Waals surface area contributed by atoms with E-state index in [0.29, 0.717) is 16.4 Å². The minimum absolute atomic E-state index is 0.203. The largest absolute Gasteiger partial charge is 0.459 e. The fraction of sp³-hybridized carbons (Fsp3) is 0.222. The summed E-state index contributed by atoms with van der Waals surface area (Å²) in [6, 6.07) is 8.29. The first-order valence-corrected chi connectivity index (χ1v) is 8.86. The molecule has 0 aliphatic rings. The molecule has 2 aromatic heterocycles. The molecule has 2 N–H and O–H groups in total. The molecule has 2 amide bonds. The van der Waals surface area contributed by atoms with Crippen molar-refractivity contribution < 1.29 is 14.0 Å². The molecule has 3 rings (SSSR count). The zero-order valence-corrected chi connectivity index (χ0v) is 15.4. The van der Waals surface area contributed by atoms with Crippen LogP contribution in [0.1, 0.15) is 51.2 Å². The lowest BCUT2D eigenvalue weighted by Crippen LogP contribution is -2.15. The number of carbonyl (C=O) groups is 2. The van der Waals surface area contributed by atoms with Crippen molar-refractivity contribution in [3.8, 4) is 0 Å². The molecule has 2 heterocycles. The number of hydrogen-bond acceptors (Lipinski definition) is 6. The molecule has 3 aromatic rings. The highest BCUT2D eigenvalue weighted by molar-refractivity contribution is 7.15. The lowest BCUT2D eigenvalue weighted by Gasteiger charge is -2.09. The number of anilines is 2. The van der Waals surface area contributed by atoms with Crippen LogP contribution in [-0.4, -0.2) is 22.0 Å². The van der Waals surface area contributed by atoms with Gasteiger partial charge in [-0.3, -0.25) is 14.9 Å². The van der Waals surface area contributed by atoms with Crippen molar-refractivity contribution in [2.24, 2.45) is 0 Å². The van der Waals surface area contributed by atoms with Crippen molar-refractivity contribution in [1.82, 2.24) is 10.2 Å². The van der Waals surface area contributed by atoms with E-state index in [9.17, 15) is 9.59 Å². The zero-order valence-electron chi connectivity index (χ0n) is 14.6. The Morgan fingerprint density at radius 3 is 2.58 bits per heavy atom. The van der Waals surface area contributed by atoms with Crippen molar-refractivity contribution in [1.29, 1.82) is 0 Å². The Balaban J connectivity index is 1.75. The maximum absolute atomic E-state index is 12.5. The van der Waals surface area contributed by atoms with E-state index < -0.39 is 0 Å². The fourth-order valence-corrected chi connectivity index (χ4v) is 2.92. The van der Waals surface area contributed by atoms with E-state index >= 15 is 0 Å². The van der Waals surface area contributed by atoms with E-state index in [0.717, 1.165) is 10.6 Å². The SMILES string of the molecule is Cc1ccc(C(=O)Nc2nnc(C(C)C)s2)cc1NC(=O)c1ccco1. The standard InChI is InChI=1S/C18H18N4O3S/c1-10(2)17-21-22-18(26-17)20-15(23)12-7-6-11(3)13(9-12)19-16(24)14-5-4-8-25-14/h4-10H,1-3H3,(H,19,24)(H,20,22,23). The molecule has 8 heteroatoms. The van der Waals surface area contributed by atoms with Gasteiger partial charge in [-0.05, 0) is 36.8 Å². The minimum atomic E-state index is -0.374. The third kappa shape index (κ3) is 3.97. The predicted octanol–water partition coefficient (Wildman–Crippen LogP) is 4.07. The van der Waals surface area contributed by atoms with Gasteiger partial charge < -0.3 is 9.73 Å². The maximum Gasteiger partial charge on any atom is 0.291 e. The Hall–Kier alpha value is -3.00. The van der Waals surface area contributed by atoms with Gasteiger partial charge in [0.05, 0.1) is 6.26 Å². The Labute approximate surface area is 154 Å². The van der Waals surface area contributed by atoms with Crippen LogP contribution >= 0.6 is 11.3 Å². The Kier molecular flexibility index (Phi) is 5.13. The average molecular weight is 370 g/mol. The predicted molar refractivity (Wildman–Crippen MR) is 99.8 cm³/mol. The van der Waals surface area contributed by atoms with Crippen molar-refractivity contribution in [3.05, 3.63) is 58.5 Å². The second kappa shape index (κ2) is 7.49. The van der Waals surface area contributed by atoms with Gasteiger partial charge in [-0.2, -0.15) is 0 Å². The fourth-order valence-electron chi connectivity index (χ4n) is 2.18. The van der Waals surface area contributed by atoms with Crippen LogP contribution < -0.4 is 10.6 Å². The molecule has 0 atom stereocenters. The van der Waals surface area contributed by atoms with Crippen LogP contribution in [0.4, 0.5) is 10.8 Å². The number of nitrogens with zero attached hydrogens (tertiary/aromatic N) is 2. The van der Waals surface area contributed by atoms with E-state index in [1.54, 1.807) is 30.3 Å². The molecule has 0 saturated heterocycles. The van der Waals surface area contributed by atoms with Crippen LogP contribution in [0.5, 0.6) is 0 Å². The summed E-state index contributed by atoms with van der Waals surface area (Å²) >= 11 is 1.34. The monoisotopic (exact) mass is 370 g/mol. The summed E-state index contributed by atoms with van der Waals surface area (Å²) in [5.41, 5.74) is 1.78. The summed E-state index contributed by atoms with van der Waals surface area (Å²) in [4.78, 5) is 24.6. The third-order valence-electron chi connectivity index (χ3n) is 3.65. The number of nitrogens with one attached hydrogen (secondary N) is 2. The Morgan fingerprint density at radius 1 is 1.12 bits per heavy atom. The van der Waals surface area contributed by atoms with Crippen LogP contribution in [0.3, 0.4) is 0 Å². The van der Waals surface area contributed by atoms with Crippen molar-refractivity contribution >= 4 is 34.0 Å². The molecular formula is C18H18N4O3S. The van der Waals surface area contributed by atoms with E-state index in [4.69, 9.17) is 4.42 Å². The molecule has 134 valence electrons. The second-order valence-electron chi connectivity index (χ2n) is 6.02. The lowest BCUT2D eigenvalue weighted by molar-refractivity contribution is 0.0993. The van der Waals surface area contributed by atoms with Crippen LogP contribution in [0.25, 0.3) is 0 Å². The molecule has 0 saturated carbocycles. The first-order valence-electron chi connectivity index (χ1n) is 8.04. The smallest absolute Gasteiger partial charge is 0.291 e. The van der Waals surface area contributed by atoms with Crippen LogP contribution in [0, 0.1) is 6.92 Å². The normalized spacial score (nSPS) is 10.8. The summed E-state index contributed by atoms with van der Waals surface area (Å²) in [6.07, 6.45) is 1.43. The van der Waals surface area contributed by atoms with Crippen molar-refractivity contribution in [3.63, 3.8) is 0 Å². The number of aryl methyl sites for hydroxylation is 1. The van der Waals surface area contributed by atoms with Gasteiger partial charge in [0.2, 0.25) is 5.13 Å². The number of carbonyl (C=O) groups excluding carboxylic acids is 2. The van der Waals surface area contributed by atoms with Gasteiger partial charge >= 0.3 is 0 Å². The highest BCUT2D eigenvalue weighted by Gasteiger charge is 2.15. The highest BCUT2D eigenvalue weighted by Crippen LogP contribution is 2.24. The molecule has 0 spiro atoms. The molecule has 0 aliphatic carbocycles. The maximum atomic E-state index is 12.5. The number of aromatic nitrogens is 2. The van der Waals surface area contributed by atoms with Gasteiger partial charge in [-0.15, -0.1) is 10.2 Å². The number of benzene rings is 1. The van der Waals surface area contributed by atoms with E-state index in [1.165, 1.54) is 17.6 Å². The Bertz CT molecular complexity index is 932. The topological polar surface area (TPSA) is 97.1 Å². The van der Waals surface area contributed by atoms with Gasteiger partial charge in [0.1, 0.15) is 5.01 Å². The molecule has 1 aromatic carbocycles. The summed E-state index contributed by atoms with van der Waals surface area (Å²) in [7, 11) is 0. The number of amides is 2. The van der Waals surface area contributed by atoms with Crippen molar-refractivity contribution in [2.75, 3.05) is 10.6 Å². The highest BCUT2D eigenvalue weighted by atomic mass is 32.1. The first-order chi connectivity index (χ1) is 12.4. The molecule has 26 heavy (non-hydrogen) atoms. The molecule has 0 unspecified atom stereocenters. The molecule has 0 radical (unpaired) electrons. The van der Waals surface area contributed by atoms with Gasteiger partial charge in [-0.25, -0.2) is 0 Å². The van der Waals surface area contributed by atoms with Crippen LogP contribution in [-0.2, 0) is 0 Å². The van der Waals surface area contributed by atoms with E-state index in [-0.39, 0.29) is 23.5 Å². The molecule has 0 bridgehead atoms. The summed E-state index contributed by atoms with van der Waals surface area (Å²) in [5, 5.41) is 14.8. The molecular weight excluding hydrogens is 352 g/mol. The van der Waals surface area contributed by atoms with E-state index in [2.05, 4.69) is 20.8 Å². The van der Waals surface area contributed by atoms with Crippen LogP contribution in [0.15, 0.2) is 41.0 Å². The molecule has 7 nitrogen and oxygen atoms in total. The number of rotatable bonds is 5. The quantitative estimate of drug-likeness (QED) is 0.706. The number of furan rings is 1. The zero-order chi connectivity index (χ0) is 18.7. The summed E-state index contributed by atoms with van der Waals surface area (Å²) in [6.45, 7) is 5.87. The number of hydrogen-bond donors (Lipinski definition) is 2. The third-order valence-corrected chi connectivity index (χ3v) is 4.79. The van der Waals surface area contributed by atoms with Crippen molar-refractivity contribution in [2.45, 2.75) is 26.7 Å². The average Bonchev–Trinajstić information content (AvgIpc) is 3.28.